The molecule has 3 rings (SSSR count). The van der Waals surface area contributed by atoms with Gasteiger partial charge in [0.05, 0.1) is 11.7 Å². The number of hydrogen-bond donors (Lipinski definition) is 1. The first-order valence-corrected chi connectivity index (χ1v) is 8.52. The van der Waals surface area contributed by atoms with Crippen molar-refractivity contribution >= 4 is 23.4 Å². The van der Waals surface area contributed by atoms with Crippen LogP contribution >= 0.6 is 11.8 Å². The average Bonchev–Trinajstić information content (AvgIpc) is 2.64. The maximum atomic E-state index is 12.9. The summed E-state index contributed by atoms with van der Waals surface area (Å²) in [5.74, 6) is 1.06. The molecule has 1 atom stereocenters. The number of anilines is 1. The minimum atomic E-state index is -0.0747. The summed E-state index contributed by atoms with van der Waals surface area (Å²) in [5.41, 5.74) is 1.12. The largest absolute Gasteiger partial charge is 0.308 e. The van der Waals surface area contributed by atoms with Gasteiger partial charge in [-0.3, -0.25) is 4.79 Å². The van der Waals surface area contributed by atoms with Gasteiger partial charge in [-0.05, 0) is 32.0 Å². The molecule has 1 amide bonds. The van der Waals surface area contributed by atoms with Crippen molar-refractivity contribution in [3.63, 3.8) is 0 Å². The normalized spacial score (nSPS) is 24.4. The Labute approximate surface area is 125 Å². The molecule has 3 nitrogen and oxygen atoms in total. The lowest BCUT2D eigenvalue weighted by Gasteiger charge is -2.35. The van der Waals surface area contributed by atoms with Gasteiger partial charge in [0, 0.05) is 16.7 Å². The van der Waals surface area contributed by atoms with Crippen LogP contribution in [0.1, 0.15) is 32.1 Å². The maximum Gasteiger partial charge on any atom is 0.245 e. The van der Waals surface area contributed by atoms with Crippen LogP contribution in [0.4, 0.5) is 5.69 Å². The zero-order valence-electron chi connectivity index (χ0n) is 12.0. The van der Waals surface area contributed by atoms with Gasteiger partial charge < -0.3 is 10.2 Å². The van der Waals surface area contributed by atoms with Crippen LogP contribution in [0, 0.1) is 0 Å². The molecule has 0 radical (unpaired) electrons. The second-order valence-electron chi connectivity index (χ2n) is 5.62. The number of rotatable bonds is 2. The monoisotopic (exact) mass is 290 g/mol. The van der Waals surface area contributed by atoms with E-state index in [2.05, 4.69) is 28.4 Å². The minimum Gasteiger partial charge on any atom is -0.308 e. The number of carbonyl (C=O) groups excluding carboxylic acids is 1. The van der Waals surface area contributed by atoms with Crippen molar-refractivity contribution in [1.82, 2.24) is 5.32 Å². The fraction of sp³-hybridized carbons (Fsp3) is 0.562. The van der Waals surface area contributed by atoms with Crippen LogP contribution in [0.5, 0.6) is 0 Å². The molecule has 1 heterocycles. The highest BCUT2D eigenvalue weighted by Crippen LogP contribution is 2.37. The number of likely N-dealkylation sites (N-methyl/N-ethyl adjacent to an activating group) is 1. The maximum absolute atomic E-state index is 12.9. The molecule has 0 saturated heterocycles. The third-order valence-electron chi connectivity index (χ3n) is 4.35. The SMILES string of the molecule is CNC1CSc2ccccc2N(C2CCCCC2)C1=O. The number of nitrogens with one attached hydrogen (secondary N) is 1. The van der Waals surface area contributed by atoms with Crippen molar-refractivity contribution in [3.05, 3.63) is 24.3 Å². The van der Waals surface area contributed by atoms with Crippen LogP contribution in [0.2, 0.25) is 0 Å². The van der Waals surface area contributed by atoms with Gasteiger partial charge in [-0.25, -0.2) is 0 Å². The first-order chi connectivity index (χ1) is 9.81. The fourth-order valence-corrected chi connectivity index (χ4v) is 4.38. The highest BCUT2D eigenvalue weighted by Gasteiger charge is 2.34. The fourth-order valence-electron chi connectivity index (χ4n) is 3.23. The summed E-state index contributed by atoms with van der Waals surface area (Å²) in [6.45, 7) is 0. The van der Waals surface area contributed by atoms with E-state index in [1.165, 1.54) is 24.2 Å². The summed E-state index contributed by atoms with van der Waals surface area (Å²) >= 11 is 1.79. The predicted octanol–water partition coefficient (Wildman–Crippen LogP) is 3.05. The summed E-state index contributed by atoms with van der Waals surface area (Å²) < 4.78 is 0. The van der Waals surface area contributed by atoms with E-state index in [9.17, 15) is 4.79 Å². The molecule has 1 aliphatic carbocycles. The number of carbonyl (C=O) groups is 1. The number of hydrogen-bond acceptors (Lipinski definition) is 3. The first kappa shape index (κ1) is 14.0. The van der Waals surface area contributed by atoms with Gasteiger partial charge in [-0.1, -0.05) is 31.4 Å². The van der Waals surface area contributed by atoms with Gasteiger partial charge in [0.1, 0.15) is 0 Å². The molecule has 1 aromatic rings. The third-order valence-corrected chi connectivity index (χ3v) is 5.51. The van der Waals surface area contributed by atoms with Crippen LogP contribution in [-0.2, 0) is 4.79 Å². The van der Waals surface area contributed by atoms with Crippen molar-refractivity contribution in [2.24, 2.45) is 0 Å². The van der Waals surface area contributed by atoms with E-state index in [1.807, 2.05) is 13.1 Å². The lowest BCUT2D eigenvalue weighted by atomic mass is 9.93. The van der Waals surface area contributed by atoms with Crippen LogP contribution in [0.25, 0.3) is 0 Å². The van der Waals surface area contributed by atoms with Crippen LogP contribution < -0.4 is 10.2 Å². The molecule has 0 spiro atoms. The Balaban J connectivity index is 1.98. The summed E-state index contributed by atoms with van der Waals surface area (Å²) in [5, 5.41) is 3.19. The number of amides is 1. The predicted molar refractivity (Wildman–Crippen MR) is 84.4 cm³/mol. The number of nitrogens with zero attached hydrogens (tertiary/aromatic N) is 1. The van der Waals surface area contributed by atoms with Crippen molar-refractivity contribution in [3.8, 4) is 0 Å². The van der Waals surface area contributed by atoms with E-state index in [4.69, 9.17) is 0 Å². The van der Waals surface area contributed by atoms with E-state index < -0.39 is 0 Å². The second kappa shape index (κ2) is 6.19. The van der Waals surface area contributed by atoms with Gasteiger partial charge in [-0.2, -0.15) is 0 Å². The Morgan fingerprint density at radius 2 is 1.95 bits per heavy atom. The Bertz CT molecular complexity index is 485. The highest BCUT2D eigenvalue weighted by molar-refractivity contribution is 7.99. The molecule has 108 valence electrons. The lowest BCUT2D eigenvalue weighted by Crippen LogP contribution is -2.50. The second-order valence-corrected chi connectivity index (χ2v) is 6.68. The first-order valence-electron chi connectivity index (χ1n) is 7.53. The molecule has 2 aliphatic rings. The number of para-hydroxylation sites is 1. The number of thioether (sulfide) groups is 1. The van der Waals surface area contributed by atoms with E-state index >= 15 is 0 Å². The Hall–Kier alpha value is -1.00. The number of fused-ring (bicyclic) bond motifs is 1. The number of benzene rings is 1. The van der Waals surface area contributed by atoms with Gasteiger partial charge in [0.15, 0.2) is 0 Å². The lowest BCUT2D eigenvalue weighted by molar-refractivity contribution is -0.120. The van der Waals surface area contributed by atoms with E-state index in [0.29, 0.717) is 6.04 Å². The van der Waals surface area contributed by atoms with Crippen LogP contribution in [0.15, 0.2) is 29.2 Å². The molecule has 1 N–H and O–H groups in total. The Kier molecular flexibility index (Phi) is 4.32. The zero-order valence-corrected chi connectivity index (χ0v) is 12.8. The summed E-state index contributed by atoms with van der Waals surface area (Å²) in [4.78, 5) is 16.2. The van der Waals surface area contributed by atoms with Crippen LogP contribution in [0.3, 0.4) is 0 Å². The smallest absolute Gasteiger partial charge is 0.245 e. The molecule has 20 heavy (non-hydrogen) atoms. The van der Waals surface area contributed by atoms with Crippen molar-refractivity contribution in [1.29, 1.82) is 0 Å². The molecule has 0 bridgehead atoms. The molecule has 1 saturated carbocycles. The van der Waals surface area contributed by atoms with Crippen LogP contribution in [-0.4, -0.2) is 30.8 Å². The topological polar surface area (TPSA) is 32.3 Å². The van der Waals surface area contributed by atoms with E-state index in [-0.39, 0.29) is 11.9 Å². The van der Waals surface area contributed by atoms with E-state index in [1.54, 1.807) is 11.8 Å². The molecular formula is C16H22N2OS. The summed E-state index contributed by atoms with van der Waals surface area (Å²) in [7, 11) is 1.89. The highest BCUT2D eigenvalue weighted by atomic mass is 32.2. The van der Waals surface area contributed by atoms with Gasteiger partial charge in [0.2, 0.25) is 5.91 Å². The Morgan fingerprint density at radius 1 is 1.20 bits per heavy atom. The summed E-state index contributed by atoms with van der Waals surface area (Å²) in [6, 6.07) is 8.66. The van der Waals surface area contributed by atoms with Crippen molar-refractivity contribution in [2.75, 3.05) is 17.7 Å². The molecule has 1 aromatic carbocycles. The van der Waals surface area contributed by atoms with Crippen molar-refractivity contribution in [2.45, 2.75) is 49.1 Å². The van der Waals surface area contributed by atoms with Gasteiger partial charge in [-0.15, -0.1) is 11.8 Å². The molecule has 0 aromatic heterocycles. The van der Waals surface area contributed by atoms with Gasteiger partial charge in [0.25, 0.3) is 0 Å². The van der Waals surface area contributed by atoms with Gasteiger partial charge >= 0.3 is 0 Å². The summed E-state index contributed by atoms with van der Waals surface area (Å²) in [6.07, 6.45) is 6.08. The quantitative estimate of drug-likeness (QED) is 0.908. The molecule has 1 fully saturated rings. The van der Waals surface area contributed by atoms with Crippen molar-refractivity contribution < 1.29 is 4.79 Å². The Morgan fingerprint density at radius 3 is 2.70 bits per heavy atom. The standard InChI is InChI=1S/C16H22N2OS/c1-17-13-11-20-15-10-6-5-9-14(15)18(16(13)19)12-7-3-2-4-8-12/h5-6,9-10,12-13,17H,2-4,7-8,11H2,1H3. The molecular weight excluding hydrogens is 268 g/mol. The van der Waals surface area contributed by atoms with E-state index in [0.717, 1.165) is 24.3 Å². The third kappa shape index (κ3) is 2.59. The molecule has 1 unspecified atom stereocenters. The minimum absolute atomic E-state index is 0.0747. The molecule has 1 aliphatic heterocycles. The zero-order chi connectivity index (χ0) is 13.9. The average molecular weight is 290 g/mol. The molecule has 4 heteroatoms.